The molecule has 2 heterocycles. The number of hydrazine groups is 1. The highest BCUT2D eigenvalue weighted by atomic mass is 16.7. The fourth-order valence-corrected chi connectivity index (χ4v) is 5.62. The molecule has 1 saturated heterocycles. The maximum absolute atomic E-state index is 5.62. The molecule has 0 radical (unpaired) electrons. The Hall–Kier alpha value is -1.59. The third-order valence-corrected chi connectivity index (χ3v) is 7.09. The van der Waals surface area contributed by atoms with Crippen molar-refractivity contribution in [1.82, 2.24) is 10.2 Å². The minimum absolute atomic E-state index is 0.327. The highest BCUT2D eigenvalue weighted by Gasteiger charge is 2.43. The second-order valence-corrected chi connectivity index (χ2v) is 9.49. The van der Waals surface area contributed by atoms with E-state index in [2.05, 4.69) is 55.1 Å². The van der Waals surface area contributed by atoms with Crippen molar-refractivity contribution in [2.45, 2.75) is 70.9 Å². The van der Waals surface area contributed by atoms with Crippen molar-refractivity contribution in [2.24, 2.45) is 16.8 Å². The quantitative estimate of drug-likeness (QED) is 0.683. The summed E-state index contributed by atoms with van der Waals surface area (Å²) in [6.45, 7) is 6.68. The minimum atomic E-state index is -0.327. The van der Waals surface area contributed by atoms with Crippen molar-refractivity contribution in [2.75, 3.05) is 32.1 Å². The molecule has 160 valence electrons. The van der Waals surface area contributed by atoms with Crippen molar-refractivity contribution >= 4 is 11.5 Å². The molecule has 1 saturated carbocycles. The smallest absolute Gasteiger partial charge is 0.153 e. The Labute approximate surface area is 176 Å². The van der Waals surface area contributed by atoms with Crippen molar-refractivity contribution in [3.05, 3.63) is 29.8 Å². The number of hydroxylamine groups is 1. The van der Waals surface area contributed by atoms with E-state index in [4.69, 9.17) is 9.83 Å². The lowest BCUT2D eigenvalue weighted by atomic mass is 9.75. The van der Waals surface area contributed by atoms with E-state index in [1.807, 2.05) is 5.17 Å². The molecule has 2 fully saturated rings. The van der Waals surface area contributed by atoms with Crippen LogP contribution in [-0.4, -0.2) is 48.9 Å². The Morgan fingerprint density at radius 3 is 2.38 bits per heavy atom. The van der Waals surface area contributed by atoms with Gasteiger partial charge in [-0.2, -0.15) is 0 Å². The van der Waals surface area contributed by atoms with Gasteiger partial charge in [0.05, 0.1) is 7.11 Å². The van der Waals surface area contributed by atoms with Crippen LogP contribution >= 0.6 is 0 Å². The van der Waals surface area contributed by atoms with Crippen LogP contribution in [0, 0.1) is 11.8 Å². The average molecular weight is 399 g/mol. The maximum atomic E-state index is 5.62. The van der Waals surface area contributed by atoms with Crippen molar-refractivity contribution < 1.29 is 4.84 Å². The number of nitrogens with zero attached hydrogens (tertiary/aromatic N) is 4. The van der Waals surface area contributed by atoms with Crippen LogP contribution in [0.5, 0.6) is 0 Å². The molecule has 1 aliphatic carbocycles. The lowest BCUT2D eigenvalue weighted by molar-refractivity contribution is -0.269. The largest absolute Gasteiger partial charge is 0.372 e. The van der Waals surface area contributed by atoms with Gasteiger partial charge >= 0.3 is 0 Å². The fourth-order valence-electron chi connectivity index (χ4n) is 5.62. The Bertz CT molecular complexity index is 708. The number of aliphatic imine (C=N–C) groups is 1. The maximum Gasteiger partial charge on any atom is 0.153 e. The van der Waals surface area contributed by atoms with Gasteiger partial charge in [-0.05, 0) is 76.0 Å². The van der Waals surface area contributed by atoms with Gasteiger partial charge in [-0.25, -0.2) is 4.99 Å². The summed E-state index contributed by atoms with van der Waals surface area (Å²) in [5, 5.41) is 4.05. The number of benzene rings is 1. The van der Waals surface area contributed by atoms with E-state index in [0.717, 1.165) is 6.42 Å². The zero-order valence-electron chi connectivity index (χ0n) is 18.7. The molecule has 29 heavy (non-hydrogen) atoms. The van der Waals surface area contributed by atoms with E-state index in [1.54, 1.807) is 7.11 Å². The molecule has 0 spiro atoms. The SMILES string of the molecule is CON1N(C)C([C@@H]2CCCC[C@@H]2CCc2ccc(N3CCCC3)cc2)=NC1(C)C. The standard InChI is InChI=1S/C24H38N4O/c1-24(2)25-23(26(3)28(24)29-4)22-10-6-5-9-20(22)14-11-19-12-15-21(16-13-19)27-17-7-8-18-27/h12-13,15-16,20,22H,5-11,14,17-18H2,1-4H3/t20-,22-/m1/s1. The monoisotopic (exact) mass is 398 g/mol. The zero-order valence-corrected chi connectivity index (χ0v) is 18.7. The molecule has 0 amide bonds. The predicted octanol–water partition coefficient (Wildman–Crippen LogP) is 4.88. The second-order valence-electron chi connectivity index (χ2n) is 9.49. The molecule has 0 unspecified atom stereocenters. The zero-order chi connectivity index (χ0) is 20.4. The van der Waals surface area contributed by atoms with Crippen molar-refractivity contribution in [1.29, 1.82) is 0 Å². The van der Waals surface area contributed by atoms with Crippen LogP contribution in [0.15, 0.2) is 29.3 Å². The van der Waals surface area contributed by atoms with E-state index in [9.17, 15) is 0 Å². The Balaban J connectivity index is 1.41. The van der Waals surface area contributed by atoms with E-state index in [1.165, 1.54) is 75.1 Å². The molecule has 3 aliphatic rings. The summed E-state index contributed by atoms with van der Waals surface area (Å²) in [4.78, 5) is 13.2. The molecular formula is C24H38N4O. The number of amidine groups is 1. The molecule has 2 atom stereocenters. The van der Waals surface area contributed by atoms with Gasteiger partial charge in [0.2, 0.25) is 0 Å². The number of anilines is 1. The lowest BCUT2D eigenvalue weighted by Gasteiger charge is -2.36. The Morgan fingerprint density at radius 1 is 1.03 bits per heavy atom. The van der Waals surface area contributed by atoms with E-state index >= 15 is 0 Å². The van der Waals surface area contributed by atoms with Gasteiger partial charge in [0.1, 0.15) is 5.84 Å². The molecule has 4 rings (SSSR count). The third-order valence-electron chi connectivity index (χ3n) is 7.09. The number of aryl methyl sites for hydroxylation is 1. The van der Waals surface area contributed by atoms with Gasteiger partial charge in [0.25, 0.3) is 0 Å². The van der Waals surface area contributed by atoms with E-state index in [0.29, 0.717) is 11.8 Å². The van der Waals surface area contributed by atoms with E-state index in [-0.39, 0.29) is 5.66 Å². The average Bonchev–Trinajstić information content (AvgIpc) is 3.33. The molecule has 0 N–H and O–H groups in total. The number of rotatable bonds is 6. The predicted molar refractivity (Wildman–Crippen MR) is 120 cm³/mol. The van der Waals surface area contributed by atoms with Crippen LogP contribution in [-0.2, 0) is 11.3 Å². The highest BCUT2D eigenvalue weighted by molar-refractivity contribution is 5.86. The summed E-state index contributed by atoms with van der Waals surface area (Å²) in [6, 6.07) is 9.35. The van der Waals surface area contributed by atoms with Gasteiger partial charge in [0, 0.05) is 31.7 Å². The van der Waals surface area contributed by atoms with Gasteiger partial charge in [-0.15, -0.1) is 0 Å². The van der Waals surface area contributed by atoms with Crippen LogP contribution in [0.25, 0.3) is 0 Å². The summed E-state index contributed by atoms with van der Waals surface area (Å²) < 4.78 is 0. The van der Waals surface area contributed by atoms with Crippen LogP contribution < -0.4 is 4.90 Å². The molecule has 0 bridgehead atoms. The first-order valence-corrected chi connectivity index (χ1v) is 11.5. The minimum Gasteiger partial charge on any atom is -0.372 e. The topological polar surface area (TPSA) is 31.3 Å². The summed E-state index contributed by atoms with van der Waals surface area (Å²) >= 11 is 0. The fraction of sp³-hybridized carbons (Fsp3) is 0.708. The first kappa shape index (κ1) is 20.7. The number of hydrogen-bond donors (Lipinski definition) is 0. The van der Waals surface area contributed by atoms with Gasteiger partial charge in [0.15, 0.2) is 5.66 Å². The molecule has 1 aromatic rings. The molecule has 5 heteroatoms. The first-order chi connectivity index (χ1) is 14.0. The van der Waals surface area contributed by atoms with Gasteiger partial charge in [-0.1, -0.05) is 30.1 Å². The normalized spacial score (nSPS) is 27.5. The van der Waals surface area contributed by atoms with Crippen LogP contribution in [0.4, 0.5) is 5.69 Å². The molecular weight excluding hydrogens is 360 g/mol. The van der Waals surface area contributed by atoms with E-state index < -0.39 is 0 Å². The summed E-state index contributed by atoms with van der Waals surface area (Å²) in [6.07, 6.45) is 10.3. The first-order valence-electron chi connectivity index (χ1n) is 11.5. The second kappa shape index (κ2) is 8.65. The summed E-state index contributed by atoms with van der Waals surface area (Å²) in [7, 11) is 3.83. The Kier molecular flexibility index (Phi) is 6.16. The van der Waals surface area contributed by atoms with Crippen LogP contribution in [0.2, 0.25) is 0 Å². The molecule has 0 aromatic heterocycles. The summed E-state index contributed by atoms with van der Waals surface area (Å²) in [5.41, 5.74) is 2.54. The molecule has 1 aromatic carbocycles. The van der Waals surface area contributed by atoms with Crippen LogP contribution in [0.3, 0.4) is 0 Å². The van der Waals surface area contributed by atoms with Crippen molar-refractivity contribution in [3.8, 4) is 0 Å². The summed E-state index contributed by atoms with van der Waals surface area (Å²) in [5.74, 6) is 2.46. The van der Waals surface area contributed by atoms with Gasteiger partial charge < -0.3 is 4.90 Å². The van der Waals surface area contributed by atoms with Crippen molar-refractivity contribution in [3.63, 3.8) is 0 Å². The van der Waals surface area contributed by atoms with Crippen LogP contribution in [0.1, 0.15) is 64.4 Å². The number of hydrogen-bond acceptors (Lipinski definition) is 5. The van der Waals surface area contributed by atoms with Gasteiger partial charge in [-0.3, -0.25) is 9.85 Å². The highest BCUT2D eigenvalue weighted by Crippen LogP contribution is 2.39. The lowest BCUT2D eigenvalue weighted by Crippen LogP contribution is -2.48. The third kappa shape index (κ3) is 4.31. The molecule has 5 nitrogen and oxygen atoms in total. The Morgan fingerprint density at radius 2 is 1.72 bits per heavy atom. The molecule has 2 aliphatic heterocycles.